The first kappa shape index (κ1) is 14.2. The first-order chi connectivity index (χ1) is 9.10. The van der Waals surface area contributed by atoms with E-state index in [0.717, 1.165) is 26.2 Å². The molecule has 1 aliphatic heterocycles. The summed E-state index contributed by atoms with van der Waals surface area (Å²) in [5, 5.41) is 9.71. The van der Waals surface area contributed by atoms with E-state index in [0.29, 0.717) is 18.4 Å². The van der Waals surface area contributed by atoms with E-state index in [4.69, 9.17) is 4.74 Å². The Kier molecular flexibility index (Phi) is 4.66. The van der Waals surface area contributed by atoms with Gasteiger partial charge in [-0.2, -0.15) is 0 Å². The second-order valence-corrected chi connectivity index (χ2v) is 5.32. The normalized spacial score (nSPS) is 21.5. The molecular formula is C15H24N2O2. The van der Waals surface area contributed by atoms with E-state index in [-0.39, 0.29) is 5.75 Å². The van der Waals surface area contributed by atoms with Crippen molar-refractivity contribution >= 4 is 0 Å². The maximum Gasteiger partial charge on any atom is 0.161 e. The molecule has 0 aromatic heterocycles. The molecule has 1 unspecified atom stereocenters. The zero-order valence-corrected chi connectivity index (χ0v) is 12.1. The molecular weight excluding hydrogens is 240 g/mol. The van der Waals surface area contributed by atoms with Crippen molar-refractivity contribution in [2.45, 2.75) is 26.4 Å². The van der Waals surface area contributed by atoms with E-state index in [1.165, 1.54) is 5.56 Å². The van der Waals surface area contributed by atoms with Crippen molar-refractivity contribution < 1.29 is 9.84 Å². The lowest BCUT2D eigenvalue weighted by atomic mass is 10.1. The van der Waals surface area contributed by atoms with E-state index in [9.17, 15) is 5.11 Å². The number of benzene rings is 1. The molecule has 1 aromatic carbocycles. The Morgan fingerprint density at radius 1 is 1.37 bits per heavy atom. The Morgan fingerprint density at radius 3 is 2.84 bits per heavy atom. The minimum Gasteiger partial charge on any atom is -0.504 e. The molecule has 1 N–H and O–H groups in total. The topological polar surface area (TPSA) is 35.9 Å². The van der Waals surface area contributed by atoms with Crippen molar-refractivity contribution in [2.75, 3.05) is 33.3 Å². The predicted octanol–water partition coefficient (Wildman–Crippen LogP) is 1.93. The Bertz CT molecular complexity index is 423. The molecule has 0 amide bonds. The van der Waals surface area contributed by atoms with Gasteiger partial charge in [-0.15, -0.1) is 0 Å². The highest BCUT2D eigenvalue weighted by Crippen LogP contribution is 2.27. The van der Waals surface area contributed by atoms with Gasteiger partial charge in [-0.05, 0) is 38.6 Å². The van der Waals surface area contributed by atoms with Crippen molar-refractivity contribution in [3.05, 3.63) is 23.8 Å². The smallest absolute Gasteiger partial charge is 0.161 e. The summed E-state index contributed by atoms with van der Waals surface area (Å²) < 4.78 is 5.43. The summed E-state index contributed by atoms with van der Waals surface area (Å²) >= 11 is 0. The standard InChI is InChI=1S/C15H24N2O2/c1-4-19-15-9-13(5-6-14(15)18)11-17-8-7-16(3)10-12(17)2/h5-6,9,12,18H,4,7-8,10-11H2,1-3H3. The van der Waals surface area contributed by atoms with Gasteiger partial charge in [0.05, 0.1) is 6.61 Å². The zero-order valence-electron chi connectivity index (χ0n) is 12.1. The Labute approximate surface area is 115 Å². The summed E-state index contributed by atoms with van der Waals surface area (Å²) in [7, 11) is 2.17. The lowest BCUT2D eigenvalue weighted by Crippen LogP contribution is -2.49. The van der Waals surface area contributed by atoms with Gasteiger partial charge in [0.15, 0.2) is 11.5 Å². The van der Waals surface area contributed by atoms with Gasteiger partial charge in [-0.1, -0.05) is 6.07 Å². The number of phenolic OH excluding ortho intramolecular Hbond substituents is 1. The van der Waals surface area contributed by atoms with Crippen molar-refractivity contribution in [2.24, 2.45) is 0 Å². The Hall–Kier alpha value is -1.26. The van der Waals surface area contributed by atoms with Gasteiger partial charge in [0, 0.05) is 32.2 Å². The third-order valence-corrected chi connectivity index (χ3v) is 3.68. The van der Waals surface area contributed by atoms with Crippen LogP contribution in [0.5, 0.6) is 11.5 Å². The minimum atomic E-state index is 0.219. The first-order valence-corrected chi connectivity index (χ1v) is 6.97. The van der Waals surface area contributed by atoms with Crippen molar-refractivity contribution in [1.29, 1.82) is 0 Å². The summed E-state index contributed by atoms with van der Waals surface area (Å²) in [5.74, 6) is 0.804. The monoisotopic (exact) mass is 264 g/mol. The Morgan fingerprint density at radius 2 is 2.16 bits per heavy atom. The SMILES string of the molecule is CCOc1cc(CN2CCN(C)CC2C)ccc1O. The highest BCUT2D eigenvalue weighted by atomic mass is 16.5. The molecule has 0 saturated carbocycles. The van der Waals surface area contributed by atoms with Crippen molar-refractivity contribution in [3.8, 4) is 11.5 Å². The second-order valence-electron chi connectivity index (χ2n) is 5.32. The highest BCUT2D eigenvalue weighted by Gasteiger charge is 2.21. The number of piperazine rings is 1. The number of nitrogens with zero attached hydrogens (tertiary/aromatic N) is 2. The Balaban J connectivity index is 2.04. The van der Waals surface area contributed by atoms with Crippen LogP contribution >= 0.6 is 0 Å². The van der Waals surface area contributed by atoms with Gasteiger partial charge < -0.3 is 14.7 Å². The fourth-order valence-electron chi connectivity index (χ4n) is 2.57. The molecule has 1 aromatic rings. The second kappa shape index (κ2) is 6.26. The average molecular weight is 264 g/mol. The van der Waals surface area contributed by atoms with Crippen LogP contribution in [-0.4, -0.2) is 54.2 Å². The van der Waals surface area contributed by atoms with Gasteiger partial charge in [0.1, 0.15) is 0 Å². The van der Waals surface area contributed by atoms with Gasteiger partial charge in [-0.3, -0.25) is 4.90 Å². The molecule has 1 saturated heterocycles. The van der Waals surface area contributed by atoms with Crippen LogP contribution in [0.25, 0.3) is 0 Å². The summed E-state index contributed by atoms with van der Waals surface area (Å²) in [6.45, 7) is 8.98. The van der Waals surface area contributed by atoms with Crippen molar-refractivity contribution in [1.82, 2.24) is 9.80 Å². The van der Waals surface area contributed by atoms with Gasteiger partial charge in [-0.25, -0.2) is 0 Å². The fourth-order valence-corrected chi connectivity index (χ4v) is 2.57. The molecule has 0 radical (unpaired) electrons. The van der Waals surface area contributed by atoms with E-state index in [2.05, 4.69) is 23.8 Å². The van der Waals surface area contributed by atoms with Crippen LogP contribution in [0.1, 0.15) is 19.4 Å². The van der Waals surface area contributed by atoms with Crippen LogP contribution in [-0.2, 0) is 6.54 Å². The number of hydrogen-bond donors (Lipinski definition) is 1. The number of phenols is 1. The minimum absolute atomic E-state index is 0.219. The molecule has 1 heterocycles. The maximum atomic E-state index is 9.71. The van der Waals surface area contributed by atoms with Crippen LogP contribution in [0.15, 0.2) is 18.2 Å². The van der Waals surface area contributed by atoms with Crippen LogP contribution in [0.3, 0.4) is 0 Å². The average Bonchev–Trinajstić information content (AvgIpc) is 2.37. The number of ether oxygens (including phenoxy) is 1. The summed E-state index contributed by atoms with van der Waals surface area (Å²) in [5.41, 5.74) is 1.19. The van der Waals surface area contributed by atoms with Gasteiger partial charge >= 0.3 is 0 Å². The molecule has 0 aliphatic carbocycles. The van der Waals surface area contributed by atoms with Crippen LogP contribution < -0.4 is 4.74 Å². The number of rotatable bonds is 4. The number of likely N-dealkylation sites (N-methyl/N-ethyl adjacent to an activating group) is 1. The molecule has 19 heavy (non-hydrogen) atoms. The molecule has 0 spiro atoms. The van der Waals surface area contributed by atoms with E-state index >= 15 is 0 Å². The number of aromatic hydroxyl groups is 1. The quantitative estimate of drug-likeness (QED) is 0.901. The van der Waals surface area contributed by atoms with Gasteiger partial charge in [0.25, 0.3) is 0 Å². The fraction of sp³-hybridized carbons (Fsp3) is 0.600. The van der Waals surface area contributed by atoms with E-state index in [1.54, 1.807) is 6.07 Å². The molecule has 4 nitrogen and oxygen atoms in total. The third kappa shape index (κ3) is 3.61. The first-order valence-electron chi connectivity index (χ1n) is 6.97. The van der Waals surface area contributed by atoms with Crippen LogP contribution in [0.4, 0.5) is 0 Å². The maximum absolute atomic E-state index is 9.71. The molecule has 4 heteroatoms. The van der Waals surface area contributed by atoms with E-state index in [1.807, 2.05) is 19.1 Å². The third-order valence-electron chi connectivity index (χ3n) is 3.68. The van der Waals surface area contributed by atoms with Crippen molar-refractivity contribution in [3.63, 3.8) is 0 Å². The van der Waals surface area contributed by atoms with Crippen LogP contribution in [0.2, 0.25) is 0 Å². The lowest BCUT2D eigenvalue weighted by Gasteiger charge is -2.38. The van der Waals surface area contributed by atoms with E-state index < -0.39 is 0 Å². The molecule has 1 fully saturated rings. The summed E-state index contributed by atoms with van der Waals surface area (Å²) in [6.07, 6.45) is 0. The molecule has 1 atom stereocenters. The number of hydrogen-bond acceptors (Lipinski definition) is 4. The summed E-state index contributed by atoms with van der Waals surface area (Å²) in [4.78, 5) is 4.84. The highest BCUT2D eigenvalue weighted by molar-refractivity contribution is 5.41. The van der Waals surface area contributed by atoms with Gasteiger partial charge in [0.2, 0.25) is 0 Å². The predicted molar refractivity (Wildman–Crippen MR) is 76.6 cm³/mol. The lowest BCUT2D eigenvalue weighted by molar-refractivity contribution is 0.0937. The zero-order chi connectivity index (χ0) is 13.8. The molecule has 0 bridgehead atoms. The van der Waals surface area contributed by atoms with Crippen LogP contribution in [0, 0.1) is 0 Å². The molecule has 2 rings (SSSR count). The molecule has 106 valence electrons. The molecule has 1 aliphatic rings. The summed E-state index contributed by atoms with van der Waals surface area (Å²) in [6, 6.07) is 6.21. The largest absolute Gasteiger partial charge is 0.504 e.